The zero-order valence-electron chi connectivity index (χ0n) is 13.6. The summed E-state index contributed by atoms with van der Waals surface area (Å²) in [5.41, 5.74) is 0. The number of morpholine rings is 1. The van der Waals surface area contributed by atoms with E-state index in [0.29, 0.717) is 18.2 Å². The predicted molar refractivity (Wildman–Crippen MR) is 84.2 cm³/mol. The second kappa shape index (κ2) is 8.32. The molecule has 2 aliphatic heterocycles. The second-order valence-corrected chi connectivity index (χ2v) is 6.56. The topological polar surface area (TPSA) is 27.7 Å². The van der Waals surface area contributed by atoms with Crippen LogP contribution in [0.5, 0.6) is 0 Å². The first-order chi connectivity index (χ1) is 9.70. The number of likely N-dealkylation sites (N-methyl/N-ethyl adjacent to an activating group) is 1. The van der Waals surface area contributed by atoms with E-state index in [1.807, 2.05) is 0 Å². The summed E-state index contributed by atoms with van der Waals surface area (Å²) in [4.78, 5) is 5.08. The van der Waals surface area contributed by atoms with Crippen LogP contribution in [0.1, 0.15) is 39.5 Å². The molecule has 0 aliphatic carbocycles. The van der Waals surface area contributed by atoms with E-state index in [4.69, 9.17) is 4.74 Å². The molecule has 0 amide bonds. The molecule has 2 heterocycles. The normalized spacial score (nSPS) is 31.4. The first kappa shape index (κ1) is 16.2. The lowest BCUT2D eigenvalue weighted by Gasteiger charge is -2.42. The van der Waals surface area contributed by atoms with Gasteiger partial charge in [0.15, 0.2) is 0 Å². The highest BCUT2D eigenvalue weighted by molar-refractivity contribution is 4.87. The maximum absolute atomic E-state index is 5.96. The number of piperidine rings is 1. The van der Waals surface area contributed by atoms with Crippen LogP contribution in [0.15, 0.2) is 0 Å². The standard InChI is InChI=1S/C16H33N3O/c1-4-8-17-14(2)16-7-5-6-9-19(16)13-15-12-18(3)10-11-20-15/h14-17H,4-13H2,1-3H3. The Bertz CT molecular complexity index is 274. The second-order valence-electron chi connectivity index (χ2n) is 6.56. The molecule has 118 valence electrons. The third kappa shape index (κ3) is 4.69. The molecule has 0 aromatic heterocycles. The molecule has 3 atom stereocenters. The predicted octanol–water partition coefficient (Wildman–Crippen LogP) is 1.56. The molecule has 2 fully saturated rings. The highest BCUT2D eigenvalue weighted by Gasteiger charge is 2.30. The average Bonchev–Trinajstić information content (AvgIpc) is 2.45. The van der Waals surface area contributed by atoms with Gasteiger partial charge in [0, 0.05) is 31.7 Å². The Balaban J connectivity index is 1.85. The average molecular weight is 283 g/mol. The van der Waals surface area contributed by atoms with Crippen molar-refractivity contribution in [3.05, 3.63) is 0 Å². The van der Waals surface area contributed by atoms with Crippen LogP contribution in [-0.2, 0) is 4.74 Å². The van der Waals surface area contributed by atoms with Gasteiger partial charge in [-0.05, 0) is 46.3 Å². The molecule has 0 saturated carbocycles. The summed E-state index contributed by atoms with van der Waals surface area (Å²) < 4.78 is 5.96. The van der Waals surface area contributed by atoms with E-state index in [2.05, 4.69) is 36.0 Å². The quantitative estimate of drug-likeness (QED) is 0.801. The van der Waals surface area contributed by atoms with Crippen LogP contribution in [0.2, 0.25) is 0 Å². The van der Waals surface area contributed by atoms with Gasteiger partial charge in [-0.25, -0.2) is 0 Å². The molecule has 20 heavy (non-hydrogen) atoms. The van der Waals surface area contributed by atoms with Crippen LogP contribution >= 0.6 is 0 Å². The summed E-state index contributed by atoms with van der Waals surface area (Å²) in [6, 6.07) is 1.28. The van der Waals surface area contributed by atoms with E-state index in [-0.39, 0.29) is 0 Å². The summed E-state index contributed by atoms with van der Waals surface area (Å²) in [6.07, 6.45) is 5.67. The van der Waals surface area contributed by atoms with E-state index >= 15 is 0 Å². The SMILES string of the molecule is CCCNC(C)C1CCCCN1CC1CN(C)CCO1. The number of nitrogens with zero attached hydrogens (tertiary/aromatic N) is 2. The van der Waals surface area contributed by atoms with Crippen LogP contribution < -0.4 is 5.32 Å². The van der Waals surface area contributed by atoms with Gasteiger partial charge in [-0.1, -0.05) is 13.3 Å². The highest BCUT2D eigenvalue weighted by Crippen LogP contribution is 2.21. The Morgan fingerprint density at radius 3 is 2.90 bits per heavy atom. The molecule has 0 bridgehead atoms. The van der Waals surface area contributed by atoms with Gasteiger partial charge < -0.3 is 15.0 Å². The number of rotatable bonds is 6. The van der Waals surface area contributed by atoms with Gasteiger partial charge in [0.25, 0.3) is 0 Å². The molecule has 0 aromatic rings. The summed E-state index contributed by atoms with van der Waals surface area (Å²) in [6.45, 7) is 11.1. The summed E-state index contributed by atoms with van der Waals surface area (Å²) in [5, 5.41) is 3.69. The first-order valence-corrected chi connectivity index (χ1v) is 8.48. The Kier molecular flexibility index (Phi) is 6.75. The minimum Gasteiger partial charge on any atom is -0.374 e. The molecule has 2 aliphatic rings. The zero-order valence-corrected chi connectivity index (χ0v) is 13.6. The largest absolute Gasteiger partial charge is 0.374 e. The molecule has 2 saturated heterocycles. The minimum absolute atomic E-state index is 0.396. The van der Waals surface area contributed by atoms with Gasteiger partial charge in [-0.15, -0.1) is 0 Å². The molecule has 2 rings (SSSR count). The van der Waals surface area contributed by atoms with Crippen LogP contribution in [0.25, 0.3) is 0 Å². The van der Waals surface area contributed by atoms with Gasteiger partial charge in [0.2, 0.25) is 0 Å². The van der Waals surface area contributed by atoms with Gasteiger partial charge in [-0.3, -0.25) is 4.90 Å². The van der Waals surface area contributed by atoms with Gasteiger partial charge in [0.05, 0.1) is 12.7 Å². The third-order valence-electron chi connectivity index (χ3n) is 4.74. The van der Waals surface area contributed by atoms with Crippen molar-refractivity contribution in [2.24, 2.45) is 0 Å². The van der Waals surface area contributed by atoms with Gasteiger partial charge >= 0.3 is 0 Å². The highest BCUT2D eigenvalue weighted by atomic mass is 16.5. The van der Waals surface area contributed by atoms with Gasteiger partial charge in [-0.2, -0.15) is 0 Å². The summed E-state index contributed by atoms with van der Waals surface area (Å²) in [7, 11) is 2.20. The number of hydrogen-bond acceptors (Lipinski definition) is 4. The fourth-order valence-electron chi connectivity index (χ4n) is 3.56. The van der Waals surface area contributed by atoms with Crippen LogP contribution in [0.3, 0.4) is 0 Å². The Labute approximate surface area is 124 Å². The van der Waals surface area contributed by atoms with Crippen molar-refractivity contribution in [2.45, 2.75) is 57.7 Å². The molecule has 1 N–H and O–H groups in total. The Hall–Kier alpha value is -0.160. The minimum atomic E-state index is 0.396. The molecule has 0 spiro atoms. The maximum atomic E-state index is 5.96. The van der Waals surface area contributed by atoms with Crippen LogP contribution in [0, 0.1) is 0 Å². The van der Waals surface area contributed by atoms with E-state index < -0.39 is 0 Å². The van der Waals surface area contributed by atoms with Crippen LogP contribution in [-0.4, -0.2) is 74.4 Å². The zero-order chi connectivity index (χ0) is 14.4. The molecular weight excluding hydrogens is 250 g/mol. The lowest BCUT2D eigenvalue weighted by molar-refractivity contribution is -0.0476. The smallest absolute Gasteiger partial charge is 0.0829 e. The van der Waals surface area contributed by atoms with E-state index in [1.165, 1.54) is 32.2 Å². The van der Waals surface area contributed by atoms with Crippen molar-refractivity contribution in [1.82, 2.24) is 15.1 Å². The van der Waals surface area contributed by atoms with Crippen molar-refractivity contribution >= 4 is 0 Å². The van der Waals surface area contributed by atoms with Crippen molar-refractivity contribution < 1.29 is 4.74 Å². The van der Waals surface area contributed by atoms with Gasteiger partial charge in [0.1, 0.15) is 0 Å². The lowest BCUT2D eigenvalue weighted by Crippen LogP contribution is -2.55. The molecule has 3 unspecified atom stereocenters. The molecule has 4 nitrogen and oxygen atoms in total. The third-order valence-corrected chi connectivity index (χ3v) is 4.74. The number of nitrogens with one attached hydrogen (secondary N) is 1. The molecule has 0 radical (unpaired) electrons. The maximum Gasteiger partial charge on any atom is 0.0829 e. The molecule has 4 heteroatoms. The van der Waals surface area contributed by atoms with Crippen molar-refractivity contribution in [2.75, 3.05) is 46.4 Å². The molecular formula is C16H33N3O. The summed E-state index contributed by atoms with van der Waals surface area (Å²) in [5.74, 6) is 0. The Morgan fingerprint density at radius 1 is 1.30 bits per heavy atom. The fourth-order valence-corrected chi connectivity index (χ4v) is 3.56. The van der Waals surface area contributed by atoms with Crippen LogP contribution in [0.4, 0.5) is 0 Å². The van der Waals surface area contributed by atoms with E-state index in [9.17, 15) is 0 Å². The fraction of sp³-hybridized carbons (Fsp3) is 1.00. The van der Waals surface area contributed by atoms with Crippen molar-refractivity contribution in [1.29, 1.82) is 0 Å². The number of ether oxygens (including phenoxy) is 1. The number of hydrogen-bond donors (Lipinski definition) is 1. The number of likely N-dealkylation sites (tertiary alicyclic amines) is 1. The first-order valence-electron chi connectivity index (χ1n) is 8.48. The van der Waals surface area contributed by atoms with Crippen molar-refractivity contribution in [3.63, 3.8) is 0 Å². The monoisotopic (exact) mass is 283 g/mol. The van der Waals surface area contributed by atoms with E-state index in [1.54, 1.807) is 0 Å². The Morgan fingerprint density at radius 2 is 2.15 bits per heavy atom. The summed E-state index contributed by atoms with van der Waals surface area (Å²) >= 11 is 0. The van der Waals surface area contributed by atoms with Crippen molar-refractivity contribution in [3.8, 4) is 0 Å². The lowest BCUT2D eigenvalue weighted by atomic mass is 9.95. The van der Waals surface area contributed by atoms with E-state index in [0.717, 1.165) is 32.8 Å². The molecule has 0 aromatic carbocycles.